The lowest BCUT2D eigenvalue weighted by molar-refractivity contribution is 0.102. The molecule has 2 N–H and O–H groups in total. The Labute approximate surface area is 217 Å². The number of aromatic nitrogens is 1. The normalized spacial score (nSPS) is 11.3. The minimum absolute atomic E-state index is 0.00196. The zero-order chi connectivity index (χ0) is 26.9. The number of anilines is 1. The number of nitrogens with zero attached hydrogens (tertiary/aromatic N) is 2. The quantitative estimate of drug-likeness (QED) is 0.266. The zero-order valence-electron chi connectivity index (χ0n) is 20.1. The summed E-state index contributed by atoms with van der Waals surface area (Å²) in [5, 5.41) is 9.55. The standard InChI is InChI=1S/C27H24ClFN4O4/c1-4-31-16-20(15-24(28)30)37-22-11-8-18(14-21(22)29)32-26(34)25-23(36-5-2)12-13-33(27(25)35)19-9-6-17(3)7-10-19/h4,6-16,30H,1,5H2,2-3H3,(H,32,34)/b20-15+,30-24?,31-16?. The molecule has 10 heteroatoms. The van der Waals surface area contributed by atoms with E-state index in [4.69, 9.17) is 26.5 Å². The number of aryl methyl sites for hydroxylation is 1. The number of allylic oxidation sites excluding steroid dienone is 2. The van der Waals surface area contributed by atoms with Crippen molar-refractivity contribution >= 4 is 34.6 Å². The molecule has 0 radical (unpaired) electrons. The molecular formula is C27H24ClFN4O4. The second-order valence-corrected chi connectivity index (χ2v) is 7.96. The Kier molecular flexibility index (Phi) is 9.12. The van der Waals surface area contributed by atoms with E-state index >= 15 is 0 Å². The number of ether oxygens (including phenoxy) is 2. The highest BCUT2D eigenvalue weighted by Crippen LogP contribution is 2.24. The van der Waals surface area contributed by atoms with Crippen molar-refractivity contribution in [1.29, 1.82) is 5.41 Å². The van der Waals surface area contributed by atoms with Crippen molar-refractivity contribution in [2.24, 2.45) is 4.99 Å². The van der Waals surface area contributed by atoms with Gasteiger partial charge in [0.1, 0.15) is 22.2 Å². The van der Waals surface area contributed by atoms with Crippen LogP contribution in [0.4, 0.5) is 10.1 Å². The van der Waals surface area contributed by atoms with Gasteiger partial charge in [-0.1, -0.05) is 35.9 Å². The molecule has 8 nitrogen and oxygen atoms in total. The molecule has 1 amide bonds. The van der Waals surface area contributed by atoms with E-state index in [-0.39, 0.29) is 40.3 Å². The maximum absolute atomic E-state index is 14.8. The molecule has 0 atom stereocenters. The molecule has 1 aromatic heterocycles. The summed E-state index contributed by atoms with van der Waals surface area (Å²) in [6, 6.07) is 12.5. The molecule has 3 rings (SSSR count). The lowest BCUT2D eigenvalue weighted by Gasteiger charge is -2.14. The van der Waals surface area contributed by atoms with E-state index in [0.29, 0.717) is 5.69 Å². The number of rotatable bonds is 10. The third kappa shape index (κ3) is 7.02. The van der Waals surface area contributed by atoms with Gasteiger partial charge in [0.05, 0.1) is 12.8 Å². The first-order chi connectivity index (χ1) is 17.7. The Balaban J connectivity index is 1.91. The van der Waals surface area contributed by atoms with Gasteiger partial charge in [-0.15, -0.1) is 0 Å². The molecule has 3 aromatic rings. The molecule has 0 aliphatic carbocycles. The van der Waals surface area contributed by atoms with Crippen molar-refractivity contribution < 1.29 is 18.7 Å². The average molecular weight is 523 g/mol. The molecule has 0 unspecified atom stereocenters. The van der Waals surface area contributed by atoms with Crippen molar-refractivity contribution in [1.82, 2.24) is 4.57 Å². The van der Waals surface area contributed by atoms with Crippen LogP contribution < -0.4 is 20.3 Å². The highest BCUT2D eigenvalue weighted by molar-refractivity contribution is 6.67. The first kappa shape index (κ1) is 27.1. The molecule has 0 saturated carbocycles. The van der Waals surface area contributed by atoms with E-state index in [1.165, 1.54) is 41.4 Å². The number of carbonyl (C=O) groups excluding carboxylic acids is 1. The summed E-state index contributed by atoms with van der Waals surface area (Å²) in [6.07, 6.45) is 5.11. The molecule has 0 aliphatic heterocycles. The fourth-order valence-corrected chi connectivity index (χ4v) is 3.35. The first-order valence-corrected chi connectivity index (χ1v) is 11.4. The number of hydrogen-bond acceptors (Lipinski definition) is 6. The van der Waals surface area contributed by atoms with Crippen LogP contribution in [0.3, 0.4) is 0 Å². The molecular weight excluding hydrogens is 499 g/mol. The van der Waals surface area contributed by atoms with Crippen molar-refractivity contribution in [2.75, 3.05) is 11.9 Å². The molecule has 0 fully saturated rings. The van der Waals surface area contributed by atoms with E-state index in [2.05, 4.69) is 16.9 Å². The van der Waals surface area contributed by atoms with Crippen LogP contribution in [0, 0.1) is 18.2 Å². The van der Waals surface area contributed by atoms with Crippen LogP contribution in [0.25, 0.3) is 5.69 Å². The zero-order valence-corrected chi connectivity index (χ0v) is 20.9. The van der Waals surface area contributed by atoms with E-state index in [0.717, 1.165) is 17.7 Å². The van der Waals surface area contributed by atoms with Gasteiger partial charge in [0.25, 0.3) is 11.5 Å². The summed E-state index contributed by atoms with van der Waals surface area (Å²) in [7, 11) is 0. The Morgan fingerprint density at radius 1 is 1.22 bits per heavy atom. The van der Waals surface area contributed by atoms with Gasteiger partial charge < -0.3 is 14.8 Å². The molecule has 37 heavy (non-hydrogen) atoms. The second kappa shape index (κ2) is 12.5. The lowest BCUT2D eigenvalue weighted by atomic mass is 10.2. The number of benzene rings is 2. The molecule has 0 bridgehead atoms. The van der Waals surface area contributed by atoms with E-state index in [9.17, 15) is 14.0 Å². The monoisotopic (exact) mass is 522 g/mol. The summed E-state index contributed by atoms with van der Waals surface area (Å²) in [4.78, 5) is 30.2. The minimum Gasteiger partial charge on any atom is -0.493 e. The SMILES string of the molecule is C=CN=C/C(=C\C(=N)Cl)Oc1ccc(NC(=O)c2c(OCC)ccn(-c3ccc(C)cc3)c2=O)cc1F. The van der Waals surface area contributed by atoms with Gasteiger partial charge in [0.2, 0.25) is 0 Å². The molecule has 2 aromatic carbocycles. The molecule has 0 aliphatic rings. The smallest absolute Gasteiger partial charge is 0.271 e. The minimum atomic E-state index is -0.813. The molecule has 0 saturated heterocycles. The summed E-state index contributed by atoms with van der Waals surface area (Å²) < 4.78 is 27.0. The van der Waals surface area contributed by atoms with Crippen molar-refractivity contribution in [3.8, 4) is 17.2 Å². The third-order valence-corrected chi connectivity index (χ3v) is 5.00. The summed E-state index contributed by atoms with van der Waals surface area (Å²) in [6.45, 7) is 7.33. The van der Waals surface area contributed by atoms with Crippen LogP contribution in [0.15, 0.2) is 89.1 Å². The van der Waals surface area contributed by atoms with Crippen LogP contribution in [-0.4, -0.2) is 28.5 Å². The lowest BCUT2D eigenvalue weighted by Crippen LogP contribution is -2.29. The van der Waals surface area contributed by atoms with Gasteiger partial charge in [-0.25, -0.2) is 4.39 Å². The van der Waals surface area contributed by atoms with Crippen LogP contribution in [-0.2, 0) is 0 Å². The maximum atomic E-state index is 14.8. The number of aliphatic imine (C=N–C) groups is 1. The van der Waals surface area contributed by atoms with Gasteiger partial charge in [-0.2, -0.15) is 0 Å². The second-order valence-electron chi connectivity index (χ2n) is 7.56. The van der Waals surface area contributed by atoms with Crippen molar-refractivity contribution in [2.45, 2.75) is 13.8 Å². The summed E-state index contributed by atoms with van der Waals surface area (Å²) >= 11 is 5.56. The number of pyridine rings is 1. The third-order valence-electron chi connectivity index (χ3n) is 4.89. The number of carbonyl (C=O) groups is 1. The number of nitrogens with one attached hydrogen (secondary N) is 2. The van der Waals surface area contributed by atoms with E-state index < -0.39 is 17.3 Å². The molecule has 190 valence electrons. The van der Waals surface area contributed by atoms with Crippen molar-refractivity contribution in [3.63, 3.8) is 0 Å². The predicted octanol–water partition coefficient (Wildman–Crippen LogP) is 5.63. The Hall–Kier alpha value is -4.50. The highest BCUT2D eigenvalue weighted by atomic mass is 35.5. The molecule has 0 spiro atoms. The number of amides is 1. The topological polar surface area (TPSA) is 106 Å². The summed E-state index contributed by atoms with van der Waals surface area (Å²) in [5.41, 5.74) is 0.864. The van der Waals surface area contributed by atoms with Gasteiger partial charge in [0.15, 0.2) is 11.6 Å². The number of hydrogen-bond donors (Lipinski definition) is 2. The van der Waals surface area contributed by atoms with Crippen LogP contribution in [0.5, 0.6) is 11.5 Å². The van der Waals surface area contributed by atoms with Crippen molar-refractivity contribution in [3.05, 3.63) is 107 Å². The largest absolute Gasteiger partial charge is 0.493 e. The van der Waals surface area contributed by atoms with Gasteiger partial charge >= 0.3 is 0 Å². The van der Waals surface area contributed by atoms with Crippen LogP contribution >= 0.6 is 11.6 Å². The Bertz CT molecular complexity index is 1450. The van der Waals surface area contributed by atoms with Crippen LogP contribution in [0.2, 0.25) is 0 Å². The Morgan fingerprint density at radius 2 is 1.95 bits per heavy atom. The van der Waals surface area contributed by atoms with Gasteiger partial charge in [-0.05, 0) is 44.2 Å². The highest BCUT2D eigenvalue weighted by Gasteiger charge is 2.21. The van der Waals surface area contributed by atoms with E-state index in [1.54, 1.807) is 19.1 Å². The predicted molar refractivity (Wildman–Crippen MR) is 143 cm³/mol. The summed E-state index contributed by atoms with van der Waals surface area (Å²) in [5.74, 6) is -1.68. The maximum Gasteiger partial charge on any atom is 0.271 e. The van der Waals surface area contributed by atoms with Crippen LogP contribution in [0.1, 0.15) is 22.8 Å². The first-order valence-electron chi connectivity index (χ1n) is 11.1. The van der Waals surface area contributed by atoms with E-state index in [1.807, 2.05) is 19.1 Å². The fraction of sp³-hybridized carbons (Fsp3) is 0.111. The number of halogens is 2. The van der Waals surface area contributed by atoms with Gasteiger partial charge in [-0.3, -0.25) is 24.6 Å². The average Bonchev–Trinajstić information content (AvgIpc) is 2.85. The van der Waals surface area contributed by atoms with Gasteiger partial charge in [0, 0.05) is 35.9 Å². The molecule has 1 heterocycles. The fourth-order valence-electron chi connectivity index (χ4n) is 3.24. The Morgan fingerprint density at radius 3 is 2.57 bits per heavy atom.